The van der Waals surface area contributed by atoms with E-state index in [2.05, 4.69) is 0 Å². The molecule has 90 valence electrons. The van der Waals surface area contributed by atoms with Crippen LogP contribution in [0.15, 0.2) is 24.3 Å². The molecule has 0 bridgehead atoms. The van der Waals surface area contributed by atoms with Crippen LogP contribution in [-0.2, 0) is 16.4 Å². The van der Waals surface area contributed by atoms with Crippen LogP contribution in [0.1, 0.15) is 12.5 Å². The van der Waals surface area contributed by atoms with Crippen molar-refractivity contribution in [2.75, 3.05) is 18.1 Å². The third-order valence-electron chi connectivity index (χ3n) is 2.23. The number of ether oxygens (including phenoxy) is 1. The Labute approximate surface area is 95.8 Å². The molecule has 0 aliphatic rings. The molecule has 0 aliphatic heterocycles. The first-order valence-electron chi connectivity index (χ1n) is 5.11. The van der Waals surface area contributed by atoms with Crippen LogP contribution < -0.4 is 4.74 Å². The third kappa shape index (κ3) is 3.83. The van der Waals surface area contributed by atoms with Gasteiger partial charge in [0, 0.05) is 11.3 Å². The molecule has 0 heterocycles. The fourth-order valence-electron chi connectivity index (χ4n) is 1.20. The number of aliphatic hydroxyl groups excluding tert-OH is 1. The molecule has 1 aromatic carbocycles. The second-order valence-electron chi connectivity index (χ2n) is 3.35. The molecule has 0 aromatic heterocycles. The summed E-state index contributed by atoms with van der Waals surface area (Å²) in [7, 11) is -3.00. The largest absolute Gasteiger partial charge is 0.492 e. The topological polar surface area (TPSA) is 63.6 Å². The van der Waals surface area contributed by atoms with Crippen molar-refractivity contribution in [3.63, 3.8) is 0 Å². The molecular formula is C11H16O4S. The lowest BCUT2D eigenvalue weighted by atomic mass is 10.2. The Morgan fingerprint density at radius 2 is 2.00 bits per heavy atom. The molecule has 1 aromatic rings. The summed E-state index contributed by atoms with van der Waals surface area (Å²) in [4.78, 5) is 0. The molecule has 16 heavy (non-hydrogen) atoms. The van der Waals surface area contributed by atoms with Gasteiger partial charge in [0.2, 0.25) is 0 Å². The summed E-state index contributed by atoms with van der Waals surface area (Å²) in [5.74, 6) is 0.665. The van der Waals surface area contributed by atoms with Gasteiger partial charge in [0.15, 0.2) is 9.84 Å². The minimum absolute atomic E-state index is 0.00324. The van der Waals surface area contributed by atoms with Crippen molar-refractivity contribution >= 4 is 9.84 Å². The number of aliphatic hydroxyl groups is 1. The van der Waals surface area contributed by atoms with Crippen molar-refractivity contribution < 1.29 is 18.3 Å². The number of hydrogen-bond donors (Lipinski definition) is 1. The van der Waals surface area contributed by atoms with Gasteiger partial charge in [-0.05, 0) is 6.07 Å². The fraction of sp³-hybridized carbons (Fsp3) is 0.455. The number of hydrogen-bond acceptors (Lipinski definition) is 4. The second-order valence-corrected chi connectivity index (χ2v) is 5.82. The first-order chi connectivity index (χ1) is 7.59. The molecule has 0 radical (unpaired) electrons. The maximum absolute atomic E-state index is 11.2. The predicted molar refractivity (Wildman–Crippen MR) is 62.2 cm³/mol. The van der Waals surface area contributed by atoms with Crippen molar-refractivity contribution in [2.45, 2.75) is 13.5 Å². The SMILES string of the molecule is CCS(=O)(=O)CCOc1ccccc1CO. The van der Waals surface area contributed by atoms with Crippen LogP contribution in [0, 0.1) is 0 Å². The van der Waals surface area contributed by atoms with Crippen LogP contribution in [0.3, 0.4) is 0 Å². The monoisotopic (exact) mass is 244 g/mol. The van der Waals surface area contributed by atoms with Crippen LogP contribution in [0.25, 0.3) is 0 Å². The maximum atomic E-state index is 11.2. The zero-order valence-electron chi connectivity index (χ0n) is 9.22. The van der Waals surface area contributed by atoms with Gasteiger partial charge in [0.25, 0.3) is 0 Å². The van der Waals surface area contributed by atoms with Gasteiger partial charge in [-0.15, -0.1) is 0 Å². The van der Waals surface area contributed by atoms with Gasteiger partial charge in [0.05, 0.1) is 12.4 Å². The van der Waals surface area contributed by atoms with E-state index in [1.807, 2.05) is 0 Å². The quantitative estimate of drug-likeness (QED) is 0.810. The lowest BCUT2D eigenvalue weighted by molar-refractivity contribution is 0.267. The van der Waals surface area contributed by atoms with Gasteiger partial charge < -0.3 is 9.84 Å². The predicted octanol–water partition coefficient (Wildman–Crippen LogP) is 0.992. The Hall–Kier alpha value is -1.07. The van der Waals surface area contributed by atoms with E-state index in [0.717, 1.165) is 0 Å². The second kappa shape index (κ2) is 5.86. The van der Waals surface area contributed by atoms with E-state index in [-0.39, 0.29) is 24.7 Å². The zero-order chi connectivity index (χ0) is 12.0. The normalized spacial score (nSPS) is 11.4. The third-order valence-corrected chi connectivity index (χ3v) is 3.90. The smallest absolute Gasteiger partial charge is 0.153 e. The highest BCUT2D eigenvalue weighted by Crippen LogP contribution is 2.17. The lowest BCUT2D eigenvalue weighted by Crippen LogP contribution is -2.16. The molecule has 1 rings (SSSR count). The molecular weight excluding hydrogens is 228 g/mol. The van der Waals surface area contributed by atoms with E-state index in [9.17, 15) is 8.42 Å². The Balaban J connectivity index is 2.55. The molecule has 0 fully saturated rings. The number of rotatable bonds is 6. The summed E-state index contributed by atoms with van der Waals surface area (Å²) < 4.78 is 27.8. The first kappa shape index (κ1) is 13.0. The van der Waals surface area contributed by atoms with Crippen LogP contribution in [0.5, 0.6) is 5.75 Å². The number of benzene rings is 1. The zero-order valence-corrected chi connectivity index (χ0v) is 10.0. The minimum atomic E-state index is -3.00. The van der Waals surface area contributed by atoms with Gasteiger partial charge in [0.1, 0.15) is 12.4 Å². The van der Waals surface area contributed by atoms with Gasteiger partial charge in [-0.1, -0.05) is 25.1 Å². The summed E-state index contributed by atoms with van der Waals surface area (Å²) in [5.41, 5.74) is 0.663. The summed E-state index contributed by atoms with van der Waals surface area (Å²) in [6, 6.07) is 7.03. The van der Waals surface area contributed by atoms with Gasteiger partial charge >= 0.3 is 0 Å². The highest BCUT2D eigenvalue weighted by Gasteiger charge is 2.08. The summed E-state index contributed by atoms with van der Waals surface area (Å²) in [5, 5.41) is 9.03. The minimum Gasteiger partial charge on any atom is -0.492 e. The first-order valence-corrected chi connectivity index (χ1v) is 6.93. The Bertz CT molecular complexity index is 425. The highest BCUT2D eigenvalue weighted by atomic mass is 32.2. The summed E-state index contributed by atoms with van der Waals surface area (Å²) in [6.45, 7) is 1.61. The molecule has 0 saturated heterocycles. The van der Waals surface area contributed by atoms with Crippen molar-refractivity contribution in [3.8, 4) is 5.75 Å². The Kier molecular flexibility index (Phi) is 4.76. The van der Waals surface area contributed by atoms with E-state index >= 15 is 0 Å². The van der Waals surface area contributed by atoms with Crippen LogP contribution in [0.4, 0.5) is 0 Å². The molecule has 4 nitrogen and oxygen atoms in total. The van der Waals surface area contributed by atoms with Crippen molar-refractivity contribution in [3.05, 3.63) is 29.8 Å². The van der Waals surface area contributed by atoms with Crippen molar-refractivity contribution in [1.29, 1.82) is 0 Å². The van der Waals surface area contributed by atoms with Crippen LogP contribution >= 0.6 is 0 Å². The molecule has 0 aliphatic carbocycles. The Morgan fingerprint density at radius 3 is 2.62 bits per heavy atom. The van der Waals surface area contributed by atoms with E-state index in [1.165, 1.54) is 0 Å². The number of sulfone groups is 1. The highest BCUT2D eigenvalue weighted by molar-refractivity contribution is 7.91. The van der Waals surface area contributed by atoms with E-state index in [0.29, 0.717) is 11.3 Å². The fourth-order valence-corrected chi connectivity index (χ4v) is 1.82. The lowest BCUT2D eigenvalue weighted by Gasteiger charge is -2.09. The molecule has 1 N–H and O–H groups in total. The van der Waals surface area contributed by atoms with Gasteiger partial charge in [-0.2, -0.15) is 0 Å². The van der Waals surface area contributed by atoms with Crippen molar-refractivity contribution in [2.24, 2.45) is 0 Å². The molecule has 0 unspecified atom stereocenters. The molecule has 0 saturated carbocycles. The molecule has 0 atom stereocenters. The van der Waals surface area contributed by atoms with Gasteiger partial charge in [-0.3, -0.25) is 0 Å². The summed E-state index contributed by atoms with van der Waals surface area (Å²) >= 11 is 0. The van der Waals surface area contributed by atoms with Crippen LogP contribution in [0.2, 0.25) is 0 Å². The van der Waals surface area contributed by atoms with Gasteiger partial charge in [-0.25, -0.2) is 8.42 Å². The van der Waals surface area contributed by atoms with Crippen LogP contribution in [-0.4, -0.2) is 31.6 Å². The average molecular weight is 244 g/mol. The standard InChI is InChI=1S/C11H16O4S/c1-2-16(13,14)8-7-15-11-6-4-3-5-10(11)9-12/h3-6,12H,2,7-9H2,1H3. The van der Waals surface area contributed by atoms with E-state index in [4.69, 9.17) is 9.84 Å². The molecule has 0 spiro atoms. The van der Waals surface area contributed by atoms with E-state index in [1.54, 1.807) is 31.2 Å². The maximum Gasteiger partial charge on any atom is 0.153 e. The van der Waals surface area contributed by atoms with E-state index < -0.39 is 9.84 Å². The average Bonchev–Trinajstić information content (AvgIpc) is 2.29. The summed E-state index contributed by atoms with van der Waals surface area (Å²) in [6.07, 6.45) is 0. The van der Waals surface area contributed by atoms with Crippen molar-refractivity contribution in [1.82, 2.24) is 0 Å². The molecule has 5 heteroatoms. The number of para-hydroxylation sites is 1. The Morgan fingerprint density at radius 1 is 1.31 bits per heavy atom. The molecule has 0 amide bonds.